The quantitative estimate of drug-likeness (QED) is 0.673. The molecule has 1 fully saturated rings. The zero-order chi connectivity index (χ0) is 13.8. The number of alkyl halides is 3. The minimum Gasteiger partial charge on any atom is -0.488 e. The molecule has 0 radical (unpaired) electrons. The van der Waals surface area contributed by atoms with Crippen LogP contribution in [0.25, 0.3) is 0 Å². The van der Waals surface area contributed by atoms with E-state index in [-0.39, 0.29) is 23.5 Å². The van der Waals surface area contributed by atoms with Crippen LogP contribution < -0.4 is 4.74 Å². The first-order valence-electron chi connectivity index (χ1n) is 6.15. The van der Waals surface area contributed by atoms with Crippen molar-refractivity contribution in [3.8, 4) is 5.75 Å². The Morgan fingerprint density at radius 3 is 2.74 bits per heavy atom. The van der Waals surface area contributed by atoms with E-state index in [0.29, 0.717) is 6.07 Å². The van der Waals surface area contributed by atoms with Crippen molar-refractivity contribution >= 4 is 0 Å². The average molecular weight is 275 g/mol. The van der Waals surface area contributed by atoms with Crippen molar-refractivity contribution in [1.29, 1.82) is 0 Å². The number of nitrogens with zero attached hydrogens (tertiary/aromatic N) is 1. The summed E-state index contributed by atoms with van der Waals surface area (Å²) in [5.41, 5.74) is -0.731. The second-order valence-corrected chi connectivity index (χ2v) is 5.09. The Bertz CT molecular complexity index is 514. The highest BCUT2D eigenvalue weighted by Gasteiger charge is 2.43. The Labute approximate surface area is 108 Å². The summed E-state index contributed by atoms with van der Waals surface area (Å²) in [6.45, 7) is 0.796. The van der Waals surface area contributed by atoms with Gasteiger partial charge in [0, 0.05) is 0 Å². The van der Waals surface area contributed by atoms with Crippen LogP contribution in [0.1, 0.15) is 30.0 Å². The number of likely N-dealkylation sites (N-methyl/N-ethyl adjacent to an activating group) is 1. The van der Waals surface area contributed by atoms with Gasteiger partial charge in [0.2, 0.25) is 0 Å². The Morgan fingerprint density at radius 2 is 2.05 bits per heavy atom. The normalized spacial score (nSPS) is 26.8. The first-order chi connectivity index (χ1) is 8.88. The van der Waals surface area contributed by atoms with E-state index in [1.807, 2.05) is 11.9 Å². The first kappa shape index (κ1) is 12.7. The molecule has 2 atom stereocenters. The molecule has 104 valence electrons. The van der Waals surface area contributed by atoms with Crippen molar-refractivity contribution < 1.29 is 22.3 Å². The summed E-state index contributed by atoms with van der Waals surface area (Å²) in [4.78, 5) is 1.94. The van der Waals surface area contributed by atoms with Crippen LogP contribution in [0.3, 0.4) is 0 Å². The van der Waals surface area contributed by atoms with E-state index in [0.717, 1.165) is 25.5 Å². The van der Waals surface area contributed by atoms with E-state index in [1.54, 1.807) is 0 Å². The van der Waals surface area contributed by atoms with Crippen LogP contribution in [0.2, 0.25) is 0 Å². The molecule has 1 saturated heterocycles. The lowest BCUT2D eigenvalue weighted by Crippen LogP contribution is -2.38. The fraction of sp³-hybridized carbons (Fsp3) is 0.538. The van der Waals surface area contributed by atoms with Gasteiger partial charge in [-0.3, -0.25) is 4.90 Å². The lowest BCUT2D eigenvalue weighted by Gasteiger charge is -2.33. The van der Waals surface area contributed by atoms with E-state index < -0.39 is 17.6 Å². The van der Waals surface area contributed by atoms with Crippen LogP contribution in [0, 0.1) is 5.82 Å². The van der Waals surface area contributed by atoms with Crippen LogP contribution in [0.4, 0.5) is 17.6 Å². The minimum absolute atomic E-state index is 0.0380. The van der Waals surface area contributed by atoms with Gasteiger partial charge in [0.05, 0.1) is 17.2 Å². The van der Waals surface area contributed by atoms with Crippen molar-refractivity contribution in [3.05, 3.63) is 29.1 Å². The highest BCUT2D eigenvalue weighted by molar-refractivity contribution is 5.45. The lowest BCUT2D eigenvalue weighted by molar-refractivity contribution is -0.137. The predicted octanol–water partition coefficient (Wildman–Crippen LogP) is 3.37. The largest absolute Gasteiger partial charge is 0.488 e. The monoisotopic (exact) mass is 275 g/mol. The molecule has 2 heterocycles. The van der Waals surface area contributed by atoms with Gasteiger partial charge in [-0.15, -0.1) is 0 Å². The third kappa shape index (κ3) is 1.98. The van der Waals surface area contributed by atoms with Gasteiger partial charge < -0.3 is 4.74 Å². The summed E-state index contributed by atoms with van der Waals surface area (Å²) in [5, 5.41) is 0. The molecule has 1 aromatic carbocycles. The lowest BCUT2D eigenvalue weighted by atomic mass is 9.94. The number of rotatable bonds is 0. The number of piperidine rings is 1. The van der Waals surface area contributed by atoms with Gasteiger partial charge in [-0.25, -0.2) is 4.39 Å². The Hall–Kier alpha value is -1.30. The van der Waals surface area contributed by atoms with Gasteiger partial charge >= 0.3 is 6.18 Å². The van der Waals surface area contributed by atoms with E-state index in [1.165, 1.54) is 0 Å². The molecule has 19 heavy (non-hydrogen) atoms. The topological polar surface area (TPSA) is 12.5 Å². The average Bonchev–Trinajstić information content (AvgIpc) is 2.67. The second-order valence-electron chi connectivity index (χ2n) is 5.09. The number of benzene rings is 1. The van der Waals surface area contributed by atoms with E-state index in [9.17, 15) is 17.6 Å². The number of likely N-dealkylation sites (tertiary alicyclic amines) is 1. The molecular weight excluding hydrogens is 262 g/mol. The Kier molecular flexibility index (Phi) is 2.74. The zero-order valence-electron chi connectivity index (χ0n) is 10.3. The summed E-state index contributed by atoms with van der Waals surface area (Å²) in [6, 6.07) is 1.20. The van der Waals surface area contributed by atoms with Crippen LogP contribution >= 0.6 is 0 Å². The standard InChI is InChI=1S/C13H13F4NO/c1-18-4-2-3-9-12(18)11-8(14)5-7(13(15,16)17)6-10(11)19-9/h5-6,9,12H,2-4H2,1H3/t9-,12+/m0/s1. The van der Waals surface area contributed by atoms with Crippen LogP contribution in [0.5, 0.6) is 5.75 Å². The summed E-state index contributed by atoms with van der Waals surface area (Å²) >= 11 is 0. The molecule has 2 aliphatic rings. The van der Waals surface area contributed by atoms with Crippen molar-refractivity contribution in [2.75, 3.05) is 13.6 Å². The molecule has 0 saturated carbocycles. The molecule has 0 aromatic heterocycles. The van der Waals surface area contributed by atoms with Crippen molar-refractivity contribution in [2.45, 2.75) is 31.2 Å². The van der Waals surface area contributed by atoms with Crippen LogP contribution in [-0.2, 0) is 6.18 Å². The molecule has 2 aliphatic heterocycles. The molecule has 0 N–H and O–H groups in total. The van der Waals surface area contributed by atoms with Gasteiger partial charge in [-0.05, 0) is 38.6 Å². The second kappa shape index (κ2) is 4.10. The molecule has 2 nitrogen and oxygen atoms in total. The van der Waals surface area contributed by atoms with Gasteiger partial charge in [0.1, 0.15) is 17.7 Å². The van der Waals surface area contributed by atoms with E-state index in [4.69, 9.17) is 4.74 Å². The molecule has 0 aliphatic carbocycles. The fourth-order valence-corrected chi connectivity index (χ4v) is 2.96. The number of ether oxygens (including phenoxy) is 1. The van der Waals surface area contributed by atoms with Crippen molar-refractivity contribution in [1.82, 2.24) is 4.90 Å². The number of hydrogen-bond donors (Lipinski definition) is 0. The van der Waals surface area contributed by atoms with Crippen molar-refractivity contribution in [3.63, 3.8) is 0 Å². The SMILES string of the molecule is CN1CCC[C@@H]2Oc3cc(C(F)(F)F)cc(F)c3[C@@H]21. The smallest absolute Gasteiger partial charge is 0.416 e. The summed E-state index contributed by atoms with van der Waals surface area (Å²) < 4.78 is 57.5. The number of fused-ring (bicyclic) bond motifs is 3. The van der Waals surface area contributed by atoms with E-state index in [2.05, 4.69) is 0 Å². The van der Waals surface area contributed by atoms with Gasteiger partial charge in [0.15, 0.2) is 0 Å². The molecule has 0 spiro atoms. The maximum absolute atomic E-state index is 14.0. The fourth-order valence-electron chi connectivity index (χ4n) is 2.96. The van der Waals surface area contributed by atoms with Crippen LogP contribution in [0.15, 0.2) is 12.1 Å². The third-order valence-corrected chi connectivity index (χ3v) is 3.82. The highest BCUT2D eigenvalue weighted by Crippen LogP contribution is 2.47. The molecule has 1 aromatic rings. The van der Waals surface area contributed by atoms with Gasteiger partial charge in [-0.2, -0.15) is 13.2 Å². The number of halogens is 4. The minimum atomic E-state index is -4.56. The molecule has 0 unspecified atom stereocenters. The van der Waals surface area contributed by atoms with Gasteiger partial charge in [-0.1, -0.05) is 0 Å². The molecular formula is C13H13F4NO. The highest BCUT2D eigenvalue weighted by atomic mass is 19.4. The Balaban J connectivity index is 2.07. The number of hydrogen-bond acceptors (Lipinski definition) is 2. The van der Waals surface area contributed by atoms with Gasteiger partial charge in [0.25, 0.3) is 0 Å². The first-order valence-corrected chi connectivity index (χ1v) is 6.15. The predicted molar refractivity (Wildman–Crippen MR) is 60.4 cm³/mol. The maximum atomic E-state index is 14.0. The molecule has 3 rings (SSSR count). The zero-order valence-corrected chi connectivity index (χ0v) is 10.3. The van der Waals surface area contributed by atoms with Crippen LogP contribution in [-0.4, -0.2) is 24.6 Å². The third-order valence-electron chi connectivity index (χ3n) is 3.82. The molecule has 0 bridgehead atoms. The van der Waals surface area contributed by atoms with Crippen molar-refractivity contribution in [2.24, 2.45) is 0 Å². The summed E-state index contributed by atoms with van der Waals surface area (Å²) in [5.74, 6) is -0.790. The Morgan fingerprint density at radius 1 is 1.32 bits per heavy atom. The maximum Gasteiger partial charge on any atom is 0.416 e. The van der Waals surface area contributed by atoms with E-state index >= 15 is 0 Å². The summed E-state index contributed by atoms with van der Waals surface area (Å²) in [7, 11) is 1.84. The molecule has 0 amide bonds. The molecule has 6 heteroatoms. The summed E-state index contributed by atoms with van der Waals surface area (Å²) in [6.07, 6.45) is -3.16.